The van der Waals surface area contributed by atoms with Crippen molar-refractivity contribution >= 4 is 0 Å². The van der Waals surface area contributed by atoms with Gasteiger partial charge in [0, 0.05) is 25.1 Å². The van der Waals surface area contributed by atoms with Crippen LogP contribution >= 0.6 is 0 Å². The van der Waals surface area contributed by atoms with E-state index in [1.54, 1.807) is 0 Å². The molecule has 0 radical (unpaired) electrons. The Morgan fingerprint density at radius 3 is 2.19 bits per heavy atom. The van der Waals surface area contributed by atoms with E-state index in [1.807, 2.05) is 12.1 Å². The van der Waals surface area contributed by atoms with Crippen molar-refractivity contribution in [3.05, 3.63) is 95.1 Å². The van der Waals surface area contributed by atoms with Crippen molar-refractivity contribution in [2.45, 2.75) is 70.2 Å². The van der Waals surface area contributed by atoms with Crippen LogP contribution in [-0.2, 0) is 22.6 Å². The molecule has 3 aromatic rings. The normalized spacial score (nSPS) is 23.4. The highest BCUT2D eigenvalue weighted by molar-refractivity contribution is 5.65. The van der Waals surface area contributed by atoms with Gasteiger partial charge < -0.3 is 25.2 Å². The Labute approximate surface area is 221 Å². The molecule has 5 rings (SSSR count). The van der Waals surface area contributed by atoms with Crippen LogP contribution in [0.4, 0.5) is 0 Å². The fraction of sp³-hybridized carbons (Fsp3) is 0.438. The van der Waals surface area contributed by atoms with Gasteiger partial charge in [0.2, 0.25) is 0 Å². The predicted octanol–water partition coefficient (Wildman–Crippen LogP) is 6.12. The Morgan fingerprint density at radius 1 is 0.757 bits per heavy atom. The number of likely N-dealkylation sites (tertiary alicyclic amines) is 1. The van der Waals surface area contributed by atoms with Gasteiger partial charge in [-0.1, -0.05) is 79.9 Å². The van der Waals surface area contributed by atoms with Gasteiger partial charge in [0.1, 0.15) is 0 Å². The largest absolute Gasteiger partial charge is 0.392 e. The van der Waals surface area contributed by atoms with Gasteiger partial charge in [-0.15, -0.1) is 0 Å². The van der Waals surface area contributed by atoms with Gasteiger partial charge in [0.25, 0.3) is 0 Å². The molecule has 3 atom stereocenters. The molecule has 0 aliphatic carbocycles. The van der Waals surface area contributed by atoms with Crippen molar-refractivity contribution in [1.29, 1.82) is 0 Å². The van der Waals surface area contributed by atoms with Gasteiger partial charge in [-0.25, -0.2) is 0 Å². The third-order valence-electron chi connectivity index (χ3n) is 7.68. The lowest BCUT2D eigenvalue weighted by atomic mass is 9.98. The molecule has 5 heteroatoms. The maximum Gasteiger partial charge on any atom is 0.184 e. The highest BCUT2D eigenvalue weighted by Gasteiger charge is 2.33. The molecule has 2 saturated heterocycles. The van der Waals surface area contributed by atoms with Crippen molar-refractivity contribution in [2.24, 2.45) is 5.73 Å². The lowest BCUT2D eigenvalue weighted by molar-refractivity contribution is -0.253. The molecule has 0 unspecified atom stereocenters. The van der Waals surface area contributed by atoms with E-state index in [0.29, 0.717) is 6.54 Å². The van der Waals surface area contributed by atoms with Crippen LogP contribution in [0.3, 0.4) is 0 Å². The van der Waals surface area contributed by atoms with Crippen molar-refractivity contribution in [1.82, 2.24) is 4.90 Å². The van der Waals surface area contributed by atoms with Crippen LogP contribution < -0.4 is 5.73 Å². The summed E-state index contributed by atoms with van der Waals surface area (Å²) in [6.07, 6.45) is 6.96. The number of aliphatic hydroxyl groups is 1. The summed E-state index contributed by atoms with van der Waals surface area (Å²) in [5.41, 5.74) is 12.4. The quantitative estimate of drug-likeness (QED) is 0.409. The average Bonchev–Trinajstić information content (AvgIpc) is 2.94. The van der Waals surface area contributed by atoms with E-state index in [4.69, 9.17) is 15.2 Å². The summed E-state index contributed by atoms with van der Waals surface area (Å²) in [5.74, 6) is 0. The third kappa shape index (κ3) is 6.86. The minimum absolute atomic E-state index is 0.0489. The molecule has 37 heavy (non-hydrogen) atoms. The average molecular weight is 501 g/mol. The minimum atomic E-state index is -0.436. The van der Waals surface area contributed by atoms with Crippen LogP contribution in [0.1, 0.15) is 73.2 Å². The molecule has 2 aliphatic rings. The lowest BCUT2D eigenvalue weighted by Gasteiger charge is -2.39. The molecular formula is C32H40N2O3. The van der Waals surface area contributed by atoms with Crippen molar-refractivity contribution in [2.75, 3.05) is 19.6 Å². The number of rotatable bonds is 7. The monoisotopic (exact) mass is 500 g/mol. The van der Waals surface area contributed by atoms with Gasteiger partial charge in [-0.05, 0) is 65.9 Å². The number of aliphatic hydroxyl groups excluding tert-OH is 1. The first-order chi connectivity index (χ1) is 18.2. The van der Waals surface area contributed by atoms with E-state index in [1.165, 1.54) is 32.1 Å². The number of ether oxygens (including phenoxy) is 2. The second-order valence-electron chi connectivity index (χ2n) is 10.4. The number of benzene rings is 3. The van der Waals surface area contributed by atoms with Crippen molar-refractivity contribution in [3.8, 4) is 11.1 Å². The fourth-order valence-corrected chi connectivity index (χ4v) is 5.56. The Morgan fingerprint density at radius 2 is 1.46 bits per heavy atom. The van der Waals surface area contributed by atoms with Crippen LogP contribution in [0.25, 0.3) is 11.1 Å². The highest BCUT2D eigenvalue weighted by atomic mass is 16.7. The molecule has 0 spiro atoms. The Hall–Kier alpha value is -2.54. The molecule has 2 heterocycles. The topological polar surface area (TPSA) is 68.0 Å². The number of nitrogens with zero attached hydrogens (tertiary/aromatic N) is 1. The molecule has 0 amide bonds. The van der Waals surface area contributed by atoms with Crippen molar-refractivity contribution < 1.29 is 14.6 Å². The summed E-state index contributed by atoms with van der Waals surface area (Å²) in [6, 6.07) is 25.0. The zero-order valence-electron chi connectivity index (χ0n) is 21.7. The number of hydrogen-bond donors (Lipinski definition) is 2. The molecule has 3 aromatic carbocycles. The van der Waals surface area contributed by atoms with E-state index in [9.17, 15) is 5.11 Å². The van der Waals surface area contributed by atoms with E-state index in [-0.39, 0.29) is 18.8 Å². The van der Waals surface area contributed by atoms with E-state index in [2.05, 4.69) is 65.6 Å². The first-order valence-corrected chi connectivity index (χ1v) is 13.8. The van der Waals surface area contributed by atoms with Gasteiger partial charge in [0.05, 0.1) is 18.8 Å². The second-order valence-corrected chi connectivity index (χ2v) is 10.4. The molecular weight excluding hydrogens is 460 g/mol. The summed E-state index contributed by atoms with van der Waals surface area (Å²) >= 11 is 0. The Bertz CT molecular complexity index is 1120. The molecule has 0 aromatic heterocycles. The predicted molar refractivity (Wildman–Crippen MR) is 148 cm³/mol. The fourth-order valence-electron chi connectivity index (χ4n) is 5.56. The van der Waals surface area contributed by atoms with Crippen LogP contribution in [0.2, 0.25) is 0 Å². The summed E-state index contributed by atoms with van der Waals surface area (Å²) in [6.45, 7) is 3.80. The minimum Gasteiger partial charge on any atom is -0.392 e. The van der Waals surface area contributed by atoms with Crippen molar-refractivity contribution in [3.63, 3.8) is 0 Å². The maximum atomic E-state index is 9.49. The van der Waals surface area contributed by atoms with E-state index in [0.717, 1.165) is 59.4 Å². The first-order valence-electron chi connectivity index (χ1n) is 13.8. The highest BCUT2D eigenvalue weighted by Crippen LogP contribution is 2.39. The van der Waals surface area contributed by atoms with Gasteiger partial charge >= 0.3 is 0 Å². The first kappa shape index (κ1) is 26.1. The zero-order chi connectivity index (χ0) is 25.5. The molecule has 0 saturated carbocycles. The maximum absolute atomic E-state index is 9.49. The molecule has 196 valence electrons. The number of hydrogen-bond acceptors (Lipinski definition) is 5. The van der Waals surface area contributed by atoms with Crippen LogP contribution in [0.5, 0.6) is 0 Å². The second kappa shape index (κ2) is 12.8. The summed E-state index contributed by atoms with van der Waals surface area (Å²) in [7, 11) is 0. The van der Waals surface area contributed by atoms with Crippen LogP contribution in [0, 0.1) is 0 Å². The molecule has 0 bridgehead atoms. The standard InChI is InChI=1S/C32H40N2O3/c33-21-25-8-6-9-27(18-25)28-10-7-11-29(19-28)32-36-30(22-34-16-4-2-1-3-5-17-34)20-31(37-32)26-14-12-24(23-35)13-15-26/h6-15,18-19,30-32,35H,1-5,16-17,20-23,33H2/t30-,31+,32+/m1/s1. The zero-order valence-corrected chi connectivity index (χ0v) is 21.7. The smallest absolute Gasteiger partial charge is 0.184 e. The van der Waals surface area contributed by atoms with Crippen LogP contribution in [-0.4, -0.2) is 35.7 Å². The van der Waals surface area contributed by atoms with Gasteiger partial charge in [-0.3, -0.25) is 0 Å². The van der Waals surface area contributed by atoms with Gasteiger partial charge in [0.15, 0.2) is 6.29 Å². The van der Waals surface area contributed by atoms with E-state index < -0.39 is 6.29 Å². The third-order valence-corrected chi connectivity index (χ3v) is 7.68. The van der Waals surface area contributed by atoms with E-state index >= 15 is 0 Å². The molecule has 3 N–H and O–H groups in total. The summed E-state index contributed by atoms with van der Waals surface area (Å²) < 4.78 is 13.3. The summed E-state index contributed by atoms with van der Waals surface area (Å²) in [5, 5.41) is 9.49. The SMILES string of the molecule is NCc1cccc(-c2cccc([C@H]3O[C@@H](CN4CCCCCCC4)C[C@@H](c4ccc(CO)cc4)O3)c2)c1. The molecule has 2 fully saturated rings. The molecule has 5 nitrogen and oxygen atoms in total. The van der Waals surface area contributed by atoms with Gasteiger partial charge in [-0.2, -0.15) is 0 Å². The summed E-state index contributed by atoms with van der Waals surface area (Å²) in [4.78, 5) is 2.59. The Kier molecular flexibility index (Phi) is 9.03. The number of nitrogens with two attached hydrogens (primary N) is 1. The molecule has 2 aliphatic heterocycles. The Balaban J connectivity index is 1.39. The lowest BCUT2D eigenvalue weighted by Crippen LogP contribution is -2.40. The van der Waals surface area contributed by atoms with Crippen LogP contribution in [0.15, 0.2) is 72.8 Å².